The Balaban J connectivity index is 0.00000211. The average molecular weight is 303 g/mol. The fraction of sp³-hybridized carbons (Fsp3) is 0.333. The zero-order valence-electron chi connectivity index (χ0n) is 13.8. The fourth-order valence-electron chi connectivity index (χ4n) is 1.53. The number of esters is 1. The van der Waals surface area contributed by atoms with Gasteiger partial charge >= 0.3 is 5.97 Å². The number of rotatable bonds is 7. The van der Waals surface area contributed by atoms with Gasteiger partial charge in [0, 0.05) is 0 Å². The lowest BCUT2D eigenvalue weighted by Gasteiger charge is -2.09. The van der Waals surface area contributed by atoms with Crippen LogP contribution in [0, 0.1) is 5.41 Å². The molecule has 0 radical (unpaired) electrons. The molecule has 120 valence electrons. The molecule has 0 aliphatic rings. The van der Waals surface area contributed by atoms with Crippen LogP contribution < -0.4 is 4.74 Å². The van der Waals surface area contributed by atoms with Crippen molar-refractivity contribution in [2.75, 3.05) is 13.7 Å². The third-order valence-corrected chi connectivity index (χ3v) is 2.71. The standard InChI is InChI=1S/C16H19NO3.C2H6/c1-4-12(9-14(17)5-2)11-20-15-8-6-7-13(10-15)16(18)19-3;1-2/h5-10,17H,2,4,11H2,1,3H3;1-2H3/b12-9+,17-14?;. The summed E-state index contributed by atoms with van der Waals surface area (Å²) < 4.78 is 10.3. The van der Waals surface area contributed by atoms with Crippen LogP contribution in [-0.4, -0.2) is 25.4 Å². The van der Waals surface area contributed by atoms with Crippen molar-refractivity contribution in [3.8, 4) is 5.75 Å². The van der Waals surface area contributed by atoms with Gasteiger partial charge in [0.1, 0.15) is 12.4 Å². The largest absolute Gasteiger partial charge is 0.489 e. The number of ether oxygens (including phenoxy) is 2. The average Bonchev–Trinajstić information content (AvgIpc) is 2.59. The second-order valence-corrected chi connectivity index (χ2v) is 4.12. The van der Waals surface area contributed by atoms with E-state index in [0.29, 0.717) is 23.6 Å². The van der Waals surface area contributed by atoms with E-state index in [0.717, 1.165) is 12.0 Å². The summed E-state index contributed by atoms with van der Waals surface area (Å²) in [5.41, 5.74) is 1.79. The summed E-state index contributed by atoms with van der Waals surface area (Å²) in [6.45, 7) is 9.91. The van der Waals surface area contributed by atoms with Gasteiger partial charge in [0.15, 0.2) is 0 Å². The van der Waals surface area contributed by atoms with Crippen LogP contribution in [0.25, 0.3) is 0 Å². The summed E-state index contributed by atoms with van der Waals surface area (Å²) in [6.07, 6.45) is 4.00. The van der Waals surface area contributed by atoms with E-state index in [1.165, 1.54) is 13.2 Å². The molecular weight excluding hydrogens is 278 g/mol. The first-order chi connectivity index (χ1) is 10.6. The number of carbonyl (C=O) groups excluding carboxylic acids is 1. The van der Waals surface area contributed by atoms with Gasteiger partial charge in [-0.15, -0.1) is 0 Å². The van der Waals surface area contributed by atoms with Crippen LogP contribution in [0.1, 0.15) is 37.6 Å². The molecule has 0 bridgehead atoms. The first-order valence-electron chi connectivity index (χ1n) is 7.32. The molecule has 0 aromatic heterocycles. The van der Waals surface area contributed by atoms with E-state index in [9.17, 15) is 4.79 Å². The molecule has 0 saturated carbocycles. The van der Waals surface area contributed by atoms with Crippen molar-refractivity contribution in [1.29, 1.82) is 5.41 Å². The van der Waals surface area contributed by atoms with Crippen molar-refractivity contribution >= 4 is 11.7 Å². The van der Waals surface area contributed by atoms with Crippen LogP contribution in [0.15, 0.2) is 48.6 Å². The van der Waals surface area contributed by atoms with Gasteiger partial charge in [-0.25, -0.2) is 4.79 Å². The number of benzene rings is 1. The van der Waals surface area contributed by atoms with E-state index in [1.54, 1.807) is 30.3 Å². The van der Waals surface area contributed by atoms with E-state index in [2.05, 4.69) is 11.3 Å². The van der Waals surface area contributed by atoms with Crippen molar-refractivity contribution in [2.45, 2.75) is 27.2 Å². The lowest BCUT2D eigenvalue weighted by molar-refractivity contribution is 0.0600. The van der Waals surface area contributed by atoms with Crippen molar-refractivity contribution in [1.82, 2.24) is 0 Å². The topological polar surface area (TPSA) is 59.4 Å². The Bertz CT molecular complexity index is 533. The molecule has 4 nitrogen and oxygen atoms in total. The highest BCUT2D eigenvalue weighted by molar-refractivity contribution is 6.01. The maximum atomic E-state index is 11.4. The first kappa shape index (κ1) is 19.6. The van der Waals surface area contributed by atoms with E-state index in [4.69, 9.17) is 10.1 Å². The first-order valence-corrected chi connectivity index (χ1v) is 7.32. The number of hydrogen-bond donors (Lipinski definition) is 1. The fourth-order valence-corrected chi connectivity index (χ4v) is 1.53. The smallest absolute Gasteiger partial charge is 0.337 e. The lowest BCUT2D eigenvalue weighted by Crippen LogP contribution is -2.05. The van der Waals surface area contributed by atoms with Gasteiger partial charge in [-0.05, 0) is 42.3 Å². The molecule has 1 aromatic carbocycles. The van der Waals surface area contributed by atoms with Gasteiger partial charge in [0.2, 0.25) is 0 Å². The second kappa shape index (κ2) is 11.3. The highest BCUT2D eigenvalue weighted by atomic mass is 16.5. The second-order valence-electron chi connectivity index (χ2n) is 4.12. The Morgan fingerprint density at radius 1 is 1.36 bits per heavy atom. The number of hydrogen-bond acceptors (Lipinski definition) is 4. The normalized spacial score (nSPS) is 10.1. The van der Waals surface area contributed by atoms with E-state index in [-0.39, 0.29) is 0 Å². The summed E-state index contributed by atoms with van der Waals surface area (Å²) in [5.74, 6) is 0.201. The SMILES string of the molecule is C=CC(=N)/C=C(\CC)COc1cccc(C(=O)OC)c1.CC. The molecule has 1 aromatic rings. The van der Waals surface area contributed by atoms with Crippen LogP contribution in [0.4, 0.5) is 0 Å². The summed E-state index contributed by atoms with van der Waals surface area (Å²) in [5, 5.41) is 7.56. The molecule has 0 atom stereocenters. The number of nitrogens with one attached hydrogen (secondary N) is 1. The number of methoxy groups -OCH3 is 1. The molecule has 4 heteroatoms. The molecule has 0 aliphatic carbocycles. The minimum absolute atomic E-state index is 0.355. The van der Waals surface area contributed by atoms with Crippen LogP contribution >= 0.6 is 0 Å². The molecule has 0 spiro atoms. The Morgan fingerprint density at radius 3 is 2.59 bits per heavy atom. The molecule has 0 fully saturated rings. The van der Waals surface area contributed by atoms with E-state index < -0.39 is 5.97 Å². The van der Waals surface area contributed by atoms with E-state index in [1.807, 2.05) is 20.8 Å². The number of carbonyl (C=O) groups is 1. The highest BCUT2D eigenvalue weighted by Gasteiger charge is 2.06. The Hall–Kier alpha value is -2.36. The predicted molar refractivity (Wildman–Crippen MR) is 90.9 cm³/mol. The van der Waals surface area contributed by atoms with Gasteiger partial charge in [-0.2, -0.15) is 0 Å². The van der Waals surface area contributed by atoms with Gasteiger partial charge in [0.25, 0.3) is 0 Å². The van der Waals surface area contributed by atoms with Crippen LogP contribution in [0.5, 0.6) is 5.75 Å². The molecule has 0 saturated heterocycles. The van der Waals surface area contributed by atoms with Crippen LogP contribution in [0.2, 0.25) is 0 Å². The molecule has 1 N–H and O–H groups in total. The lowest BCUT2D eigenvalue weighted by atomic mass is 10.1. The Kier molecular flexibility index (Phi) is 10.1. The van der Waals surface area contributed by atoms with Gasteiger partial charge in [-0.1, -0.05) is 33.4 Å². The summed E-state index contributed by atoms with van der Waals surface area (Å²) >= 11 is 0. The third-order valence-electron chi connectivity index (χ3n) is 2.71. The molecule has 0 unspecified atom stereocenters. The van der Waals surface area contributed by atoms with Crippen molar-refractivity contribution in [3.05, 3.63) is 54.1 Å². The number of allylic oxidation sites excluding steroid dienone is 2. The van der Waals surface area contributed by atoms with Crippen LogP contribution in [0.3, 0.4) is 0 Å². The molecule has 0 aliphatic heterocycles. The minimum Gasteiger partial charge on any atom is -0.489 e. The van der Waals surface area contributed by atoms with Gasteiger partial charge < -0.3 is 14.9 Å². The maximum absolute atomic E-state index is 11.4. The van der Waals surface area contributed by atoms with Gasteiger partial charge in [0.05, 0.1) is 18.4 Å². The Labute approximate surface area is 133 Å². The summed E-state index contributed by atoms with van der Waals surface area (Å²) in [7, 11) is 1.34. The summed E-state index contributed by atoms with van der Waals surface area (Å²) in [4.78, 5) is 11.4. The highest BCUT2D eigenvalue weighted by Crippen LogP contribution is 2.15. The zero-order chi connectivity index (χ0) is 17.0. The molecule has 22 heavy (non-hydrogen) atoms. The molecule has 0 amide bonds. The molecule has 1 rings (SSSR count). The third kappa shape index (κ3) is 6.88. The molecular formula is C18H25NO3. The van der Waals surface area contributed by atoms with Crippen molar-refractivity contribution < 1.29 is 14.3 Å². The van der Waals surface area contributed by atoms with Crippen LogP contribution in [-0.2, 0) is 4.74 Å². The predicted octanol–water partition coefficient (Wildman–Crippen LogP) is 4.42. The van der Waals surface area contributed by atoms with Gasteiger partial charge in [-0.3, -0.25) is 0 Å². The minimum atomic E-state index is -0.393. The van der Waals surface area contributed by atoms with Crippen molar-refractivity contribution in [3.63, 3.8) is 0 Å². The molecule has 0 heterocycles. The Morgan fingerprint density at radius 2 is 2.05 bits per heavy atom. The zero-order valence-corrected chi connectivity index (χ0v) is 13.8. The monoisotopic (exact) mass is 303 g/mol. The maximum Gasteiger partial charge on any atom is 0.337 e. The van der Waals surface area contributed by atoms with Crippen molar-refractivity contribution in [2.24, 2.45) is 0 Å². The summed E-state index contributed by atoms with van der Waals surface area (Å²) in [6, 6.07) is 6.82. The van der Waals surface area contributed by atoms with E-state index >= 15 is 0 Å². The quantitative estimate of drug-likeness (QED) is 0.599.